The highest BCUT2D eigenvalue weighted by atomic mass is 79.9. The summed E-state index contributed by atoms with van der Waals surface area (Å²) in [5.41, 5.74) is 6.54. The highest BCUT2D eigenvalue weighted by Crippen LogP contribution is 2.15. The van der Waals surface area contributed by atoms with Crippen molar-refractivity contribution in [3.63, 3.8) is 0 Å². The molecule has 1 rings (SSSR count). The number of unbranched alkanes of at least 4 members (excludes halogenated alkanes) is 1. The van der Waals surface area contributed by atoms with Crippen LogP contribution in [-0.2, 0) is 39.9 Å². The number of ether oxygens (including phenoxy) is 1. The van der Waals surface area contributed by atoms with Gasteiger partial charge in [0.2, 0.25) is 29.5 Å². The number of hydrogen-bond donors (Lipinski definition) is 8. The molecule has 0 aliphatic heterocycles. The fourth-order valence-corrected chi connectivity index (χ4v) is 6.04. The normalized spacial score (nSPS) is 15.0. The Labute approximate surface area is 343 Å². The standard InChI is InChI=1S/C40H68N6O9.BrH/c1-24(2)18-30(33(47)22-36(50)42-27(7)38(52)45-31(19-25(3)4)34(48)23-37(51)55-8)46-39(53)29(16-12-13-17-41)44-40(54)32(43-35(49)20-26(5)6)21-28-14-10-9-11-15-28;/h9-11,14-15,24-27,29-34,47-48H,12-13,16-23,41H2,1-8H3,(H,42,50)(H,43,49)(H,44,54)(H,45,52)(H,46,53);1H/t27-,29-,30-,31-,32-,33-,34-;/m0./s1. The zero-order chi connectivity index (χ0) is 41.7. The number of methoxy groups -OCH3 is 1. The van der Waals surface area contributed by atoms with E-state index in [0.29, 0.717) is 32.2 Å². The number of rotatable bonds is 26. The number of nitrogens with two attached hydrogens (primary N) is 1. The van der Waals surface area contributed by atoms with E-state index in [9.17, 15) is 39.0 Å². The summed E-state index contributed by atoms with van der Waals surface area (Å²) in [4.78, 5) is 78.2. The van der Waals surface area contributed by atoms with Crippen molar-refractivity contribution in [3.8, 4) is 0 Å². The Bertz CT molecular complexity index is 1350. The average Bonchev–Trinajstić information content (AvgIpc) is 3.09. The first kappa shape index (κ1) is 52.4. The summed E-state index contributed by atoms with van der Waals surface area (Å²) in [6, 6.07) is 4.55. The zero-order valence-corrected chi connectivity index (χ0v) is 36.2. The van der Waals surface area contributed by atoms with Gasteiger partial charge in [-0.2, -0.15) is 0 Å². The van der Waals surface area contributed by atoms with E-state index in [1.807, 2.05) is 71.9 Å². The molecule has 7 atom stereocenters. The fourth-order valence-electron chi connectivity index (χ4n) is 6.04. The smallest absolute Gasteiger partial charge is 0.308 e. The number of esters is 1. The van der Waals surface area contributed by atoms with E-state index in [1.54, 1.807) is 0 Å². The number of aliphatic hydroxyl groups is 2. The van der Waals surface area contributed by atoms with Crippen LogP contribution >= 0.6 is 17.0 Å². The number of benzene rings is 1. The van der Waals surface area contributed by atoms with Crippen molar-refractivity contribution in [2.24, 2.45) is 23.5 Å². The van der Waals surface area contributed by atoms with Gasteiger partial charge in [-0.3, -0.25) is 28.8 Å². The van der Waals surface area contributed by atoms with E-state index in [-0.39, 0.29) is 66.3 Å². The van der Waals surface area contributed by atoms with Crippen molar-refractivity contribution in [1.82, 2.24) is 26.6 Å². The molecule has 0 fully saturated rings. The van der Waals surface area contributed by atoms with Crippen molar-refractivity contribution >= 4 is 52.5 Å². The van der Waals surface area contributed by atoms with Crippen LogP contribution in [0.25, 0.3) is 0 Å². The van der Waals surface area contributed by atoms with Gasteiger partial charge in [0.15, 0.2) is 0 Å². The van der Waals surface area contributed by atoms with Gasteiger partial charge in [0, 0.05) is 12.8 Å². The highest BCUT2D eigenvalue weighted by molar-refractivity contribution is 8.93. The van der Waals surface area contributed by atoms with Gasteiger partial charge in [-0.15, -0.1) is 17.0 Å². The Balaban J connectivity index is 0.0000302. The zero-order valence-electron chi connectivity index (χ0n) is 34.5. The third-order valence-corrected chi connectivity index (χ3v) is 8.91. The molecule has 9 N–H and O–H groups in total. The van der Waals surface area contributed by atoms with Crippen molar-refractivity contribution in [2.75, 3.05) is 13.7 Å². The number of carbonyl (C=O) groups excluding carboxylic acids is 6. The van der Waals surface area contributed by atoms with Crippen LogP contribution in [0.1, 0.15) is 105 Å². The van der Waals surface area contributed by atoms with Crippen LogP contribution in [-0.4, -0.2) is 102 Å². The monoisotopic (exact) mass is 856 g/mol. The molecule has 0 aliphatic carbocycles. The van der Waals surface area contributed by atoms with Crippen molar-refractivity contribution < 1.29 is 43.7 Å². The molecular formula is C40H69BrN6O9. The molecule has 56 heavy (non-hydrogen) atoms. The molecule has 0 unspecified atom stereocenters. The highest BCUT2D eigenvalue weighted by Gasteiger charge is 2.32. The van der Waals surface area contributed by atoms with E-state index in [2.05, 4.69) is 31.3 Å². The van der Waals surface area contributed by atoms with Crippen LogP contribution in [0, 0.1) is 17.8 Å². The summed E-state index contributed by atoms with van der Waals surface area (Å²) in [7, 11) is 1.20. The number of hydrogen-bond acceptors (Lipinski definition) is 10. The van der Waals surface area contributed by atoms with Gasteiger partial charge >= 0.3 is 5.97 Å². The number of carbonyl (C=O) groups is 6. The van der Waals surface area contributed by atoms with Gasteiger partial charge in [-0.05, 0) is 68.9 Å². The van der Waals surface area contributed by atoms with E-state index < -0.39 is 78.4 Å². The lowest BCUT2D eigenvalue weighted by atomic mass is 9.96. The van der Waals surface area contributed by atoms with Crippen LogP contribution < -0.4 is 32.3 Å². The van der Waals surface area contributed by atoms with Crippen molar-refractivity contribution in [1.29, 1.82) is 0 Å². The minimum absolute atomic E-state index is 0. The van der Waals surface area contributed by atoms with E-state index in [0.717, 1.165) is 5.56 Å². The van der Waals surface area contributed by atoms with Gasteiger partial charge in [-0.1, -0.05) is 71.9 Å². The van der Waals surface area contributed by atoms with Gasteiger partial charge in [0.25, 0.3) is 0 Å². The lowest BCUT2D eigenvalue weighted by Crippen LogP contribution is -2.57. The first-order chi connectivity index (χ1) is 25.9. The van der Waals surface area contributed by atoms with Crippen LogP contribution in [0.4, 0.5) is 0 Å². The van der Waals surface area contributed by atoms with E-state index in [1.165, 1.54) is 14.0 Å². The molecule has 1 aromatic carbocycles. The molecule has 1 aromatic rings. The van der Waals surface area contributed by atoms with Crippen molar-refractivity contribution in [3.05, 3.63) is 35.9 Å². The molecule has 0 radical (unpaired) electrons. The number of nitrogens with one attached hydrogen (secondary N) is 5. The molecule has 0 saturated carbocycles. The molecule has 16 heteroatoms. The SMILES string of the molecule is Br.COC(=O)C[C@H](O)[C@H](CC(C)C)NC(=O)[C@H](C)NC(=O)C[C@H](O)[C@H](CC(C)C)NC(=O)[C@H](CCCCN)NC(=O)[C@H](Cc1ccccc1)NC(=O)CC(C)C. The van der Waals surface area contributed by atoms with Crippen LogP contribution in [0.5, 0.6) is 0 Å². The summed E-state index contributed by atoms with van der Waals surface area (Å²) in [6.07, 6.45) is -0.832. The molecule has 5 amide bonds. The second-order valence-corrected chi connectivity index (χ2v) is 15.7. The summed E-state index contributed by atoms with van der Waals surface area (Å²) >= 11 is 0. The second-order valence-electron chi connectivity index (χ2n) is 15.7. The Morgan fingerprint density at radius 2 is 1.16 bits per heavy atom. The predicted octanol–water partition coefficient (Wildman–Crippen LogP) is 2.19. The van der Waals surface area contributed by atoms with Gasteiger partial charge in [0.1, 0.15) is 18.1 Å². The third-order valence-electron chi connectivity index (χ3n) is 8.91. The molecule has 320 valence electrons. The Kier molecular flexibility index (Phi) is 26.1. The largest absolute Gasteiger partial charge is 0.469 e. The lowest BCUT2D eigenvalue weighted by Gasteiger charge is -2.29. The molecule has 15 nitrogen and oxygen atoms in total. The van der Waals surface area contributed by atoms with E-state index in [4.69, 9.17) is 5.73 Å². The minimum Gasteiger partial charge on any atom is -0.469 e. The first-order valence-corrected chi connectivity index (χ1v) is 19.5. The van der Waals surface area contributed by atoms with Gasteiger partial charge in [0.05, 0.1) is 44.2 Å². The maximum atomic E-state index is 13.8. The summed E-state index contributed by atoms with van der Waals surface area (Å²) in [5, 5.41) is 35.6. The van der Waals surface area contributed by atoms with Gasteiger partial charge in [-0.25, -0.2) is 0 Å². The van der Waals surface area contributed by atoms with Crippen LogP contribution in [0.15, 0.2) is 30.3 Å². The average molecular weight is 858 g/mol. The fraction of sp³-hybridized carbons (Fsp3) is 0.700. The van der Waals surface area contributed by atoms with E-state index >= 15 is 0 Å². The Hall–Kier alpha value is -3.60. The first-order valence-electron chi connectivity index (χ1n) is 19.5. The topological polar surface area (TPSA) is 238 Å². The molecule has 0 spiro atoms. The summed E-state index contributed by atoms with van der Waals surface area (Å²) in [5.74, 6) is -3.10. The summed E-state index contributed by atoms with van der Waals surface area (Å²) in [6.45, 7) is 13.2. The lowest BCUT2D eigenvalue weighted by molar-refractivity contribution is -0.144. The summed E-state index contributed by atoms with van der Waals surface area (Å²) < 4.78 is 4.63. The second kappa shape index (κ2) is 27.9. The molecule has 0 saturated heterocycles. The molecule has 0 aliphatic rings. The predicted molar refractivity (Wildman–Crippen MR) is 220 cm³/mol. The van der Waals surface area contributed by atoms with Crippen LogP contribution in [0.3, 0.4) is 0 Å². The third kappa shape index (κ3) is 21.6. The molecule has 0 aromatic heterocycles. The minimum atomic E-state index is -1.35. The van der Waals surface area contributed by atoms with Gasteiger partial charge < -0.3 is 47.3 Å². The Morgan fingerprint density at radius 3 is 1.68 bits per heavy atom. The number of halogens is 1. The number of aliphatic hydroxyl groups excluding tert-OH is 2. The maximum Gasteiger partial charge on any atom is 0.308 e. The molecule has 0 heterocycles. The Morgan fingerprint density at radius 1 is 0.643 bits per heavy atom. The van der Waals surface area contributed by atoms with Crippen LogP contribution in [0.2, 0.25) is 0 Å². The molecular weight excluding hydrogens is 788 g/mol. The quantitative estimate of drug-likeness (QED) is 0.0500. The van der Waals surface area contributed by atoms with Crippen molar-refractivity contribution in [2.45, 2.75) is 149 Å². The maximum absolute atomic E-state index is 13.8. The number of amides is 5. The molecule has 0 bridgehead atoms.